The maximum atomic E-state index is 12.7. The van der Waals surface area contributed by atoms with Crippen LogP contribution < -0.4 is 15.5 Å². The molecule has 0 aliphatic heterocycles. The van der Waals surface area contributed by atoms with Crippen LogP contribution in [0.5, 0.6) is 0 Å². The van der Waals surface area contributed by atoms with Crippen LogP contribution in [0.2, 0.25) is 0 Å². The second kappa shape index (κ2) is 15.2. The van der Waals surface area contributed by atoms with E-state index in [-0.39, 0.29) is 18.2 Å². The molecule has 3 N–H and O–H groups in total. The number of hydrogen-bond donors (Lipinski definition) is 3. The van der Waals surface area contributed by atoms with Gasteiger partial charge in [0, 0.05) is 30.5 Å². The third-order valence-corrected chi connectivity index (χ3v) is 5.85. The number of thioether (sulfide) groups is 1. The highest BCUT2D eigenvalue weighted by Gasteiger charge is 2.28. The Labute approximate surface area is 204 Å². The van der Waals surface area contributed by atoms with Gasteiger partial charge >= 0.3 is 5.97 Å². The van der Waals surface area contributed by atoms with Gasteiger partial charge in [-0.15, -0.1) is 23.2 Å². The average molecular weight is 506 g/mol. The minimum atomic E-state index is -1.10. The summed E-state index contributed by atoms with van der Waals surface area (Å²) in [6.45, 7) is 4.79. The minimum Gasteiger partial charge on any atom is -0.480 e. The Morgan fingerprint density at radius 3 is 2.12 bits per heavy atom. The van der Waals surface area contributed by atoms with Crippen molar-refractivity contribution >= 4 is 58.4 Å². The topological polar surface area (TPSA) is 98.7 Å². The molecule has 0 saturated carbocycles. The Balaban J connectivity index is 2.79. The Morgan fingerprint density at radius 2 is 1.66 bits per heavy atom. The van der Waals surface area contributed by atoms with Crippen molar-refractivity contribution in [2.75, 3.05) is 41.8 Å². The number of alkyl halides is 2. The van der Waals surface area contributed by atoms with E-state index >= 15 is 0 Å². The van der Waals surface area contributed by atoms with Gasteiger partial charge in [-0.1, -0.05) is 26.0 Å². The zero-order chi connectivity index (χ0) is 24.1. The van der Waals surface area contributed by atoms with E-state index in [1.165, 1.54) is 0 Å². The van der Waals surface area contributed by atoms with Gasteiger partial charge in [0.2, 0.25) is 11.8 Å². The Hall–Kier alpha value is -1.64. The van der Waals surface area contributed by atoms with Gasteiger partial charge in [0.15, 0.2) is 0 Å². The summed E-state index contributed by atoms with van der Waals surface area (Å²) < 4.78 is 0. The summed E-state index contributed by atoms with van der Waals surface area (Å²) in [4.78, 5) is 38.8. The van der Waals surface area contributed by atoms with Gasteiger partial charge in [0.05, 0.1) is 6.42 Å². The normalized spacial score (nSPS) is 12.8. The van der Waals surface area contributed by atoms with Gasteiger partial charge in [-0.25, -0.2) is 4.79 Å². The van der Waals surface area contributed by atoms with Gasteiger partial charge < -0.3 is 20.6 Å². The van der Waals surface area contributed by atoms with Crippen molar-refractivity contribution < 1.29 is 19.5 Å². The van der Waals surface area contributed by atoms with E-state index < -0.39 is 24.0 Å². The second-order valence-corrected chi connectivity index (χ2v) is 9.42. The lowest BCUT2D eigenvalue weighted by molar-refractivity contribution is -0.143. The van der Waals surface area contributed by atoms with Crippen molar-refractivity contribution in [3.8, 4) is 0 Å². The third kappa shape index (κ3) is 9.88. The second-order valence-electron chi connectivity index (χ2n) is 7.68. The highest BCUT2D eigenvalue weighted by molar-refractivity contribution is 7.98. The van der Waals surface area contributed by atoms with Crippen LogP contribution in [0.15, 0.2) is 24.3 Å². The van der Waals surface area contributed by atoms with Crippen molar-refractivity contribution in [3.63, 3.8) is 0 Å². The van der Waals surface area contributed by atoms with E-state index in [1.54, 1.807) is 25.6 Å². The molecule has 0 radical (unpaired) electrons. The fraction of sp³-hybridized carbons (Fsp3) is 0.591. The number of amides is 2. The first kappa shape index (κ1) is 28.4. The third-order valence-electron chi connectivity index (χ3n) is 4.87. The summed E-state index contributed by atoms with van der Waals surface area (Å²) in [6.07, 6.45) is 2.43. The van der Waals surface area contributed by atoms with E-state index in [2.05, 4.69) is 15.5 Å². The largest absolute Gasteiger partial charge is 0.480 e. The maximum Gasteiger partial charge on any atom is 0.326 e. The lowest BCUT2D eigenvalue weighted by Crippen LogP contribution is -2.53. The molecule has 1 aromatic carbocycles. The molecule has 2 atom stereocenters. The number of rotatable bonds is 15. The molecule has 1 aromatic rings. The van der Waals surface area contributed by atoms with Crippen LogP contribution in [0.4, 0.5) is 5.69 Å². The molecule has 0 bridgehead atoms. The molecule has 10 heteroatoms. The molecule has 0 aliphatic rings. The summed E-state index contributed by atoms with van der Waals surface area (Å²) in [5, 5.41) is 14.6. The number of halogens is 2. The smallest absolute Gasteiger partial charge is 0.326 e. The van der Waals surface area contributed by atoms with E-state index in [0.29, 0.717) is 37.0 Å². The molecule has 2 amide bonds. The quantitative estimate of drug-likeness (QED) is 0.317. The Bertz CT molecular complexity index is 728. The molecule has 32 heavy (non-hydrogen) atoms. The molecule has 0 spiro atoms. The van der Waals surface area contributed by atoms with Crippen molar-refractivity contribution in [2.45, 2.75) is 38.8 Å². The van der Waals surface area contributed by atoms with Crippen LogP contribution in [-0.4, -0.2) is 71.8 Å². The van der Waals surface area contributed by atoms with Crippen molar-refractivity contribution in [3.05, 3.63) is 29.8 Å². The molecule has 0 fully saturated rings. The zero-order valence-electron chi connectivity index (χ0n) is 18.8. The monoisotopic (exact) mass is 505 g/mol. The predicted molar refractivity (Wildman–Crippen MR) is 133 cm³/mol. The van der Waals surface area contributed by atoms with Crippen LogP contribution in [0.3, 0.4) is 0 Å². The number of anilines is 1. The molecule has 0 aliphatic carbocycles. The van der Waals surface area contributed by atoms with Gasteiger partial charge in [0.1, 0.15) is 12.1 Å². The summed E-state index contributed by atoms with van der Waals surface area (Å²) >= 11 is 13.3. The average Bonchev–Trinajstić information content (AvgIpc) is 2.74. The highest BCUT2D eigenvalue weighted by Crippen LogP contribution is 2.16. The highest BCUT2D eigenvalue weighted by atomic mass is 35.5. The Morgan fingerprint density at radius 1 is 1.06 bits per heavy atom. The van der Waals surface area contributed by atoms with Crippen molar-refractivity contribution in [1.82, 2.24) is 10.6 Å². The lowest BCUT2D eigenvalue weighted by atomic mass is 10.0. The van der Waals surface area contributed by atoms with Gasteiger partial charge in [-0.2, -0.15) is 11.8 Å². The van der Waals surface area contributed by atoms with Crippen LogP contribution in [0.1, 0.15) is 25.8 Å². The standard InChI is InChI=1S/C22H33Cl2N3O4S/c1-15(2)20(22(30)31)26-21(29)18(8-13-32-3)25-19(28)14-16-4-6-17(7-5-16)27(11-9-23)12-10-24/h4-7,15,18,20H,8-14H2,1-3H3,(H,25,28)(H,26,29)(H,30,31)/t18-,20+/m1/s1. The molecule has 0 saturated heterocycles. The van der Waals surface area contributed by atoms with Crippen molar-refractivity contribution in [1.29, 1.82) is 0 Å². The molecular formula is C22H33Cl2N3O4S. The van der Waals surface area contributed by atoms with Gasteiger partial charge in [-0.05, 0) is 42.0 Å². The number of carbonyl (C=O) groups is 3. The molecule has 7 nitrogen and oxygen atoms in total. The number of benzene rings is 1. The van der Waals surface area contributed by atoms with Crippen LogP contribution in [-0.2, 0) is 20.8 Å². The fourth-order valence-electron chi connectivity index (χ4n) is 3.10. The van der Waals surface area contributed by atoms with E-state index in [0.717, 1.165) is 11.3 Å². The molecule has 0 heterocycles. The number of nitrogens with one attached hydrogen (secondary N) is 2. The number of aliphatic carboxylic acids is 1. The summed E-state index contributed by atoms with van der Waals surface area (Å²) in [6, 6.07) is 5.76. The molecule has 1 rings (SSSR count). The van der Waals surface area contributed by atoms with Gasteiger partial charge in [-0.3, -0.25) is 9.59 Å². The number of hydrogen-bond acceptors (Lipinski definition) is 5. The maximum absolute atomic E-state index is 12.7. The summed E-state index contributed by atoms with van der Waals surface area (Å²) in [7, 11) is 0. The zero-order valence-corrected chi connectivity index (χ0v) is 21.1. The van der Waals surface area contributed by atoms with Crippen LogP contribution in [0, 0.1) is 5.92 Å². The SMILES string of the molecule is CSCC[C@@H](NC(=O)Cc1ccc(N(CCCl)CCCl)cc1)C(=O)N[C@H](C(=O)O)C(C)C. The molecule has 180 valence electrons. The Kier molecular flexibility index (Phi) is 13.5. The molecular weight excluding hydrogens is 473 g/mol. The van der Waals surface area contributed by atoms with E-state index in [1.807, 2.05) is 30.5 Å². The molecule has 0 aromatic heterocycles. The van der Waals surface area contributed by atoms with Crippen LogP contribution >= 0.6 is 35.0 Å². The number of nitrogens with zero attached hydrogens (tertiary/aromatic N) is 1. The van der Waals surface area contributed by atoms with E-state index in [4.69, 9.17) is 23.2 Å². The van der Waals surface area contributed by atoms with E-state index in [9.17, 15) is 19.5 Å². The predicted octanol–water partition coefficient (Wildman–Crippen LogP) is 2.98. The summed E-state index contributed by atoms with van der Waals surface area (Å²) in [5.74, 6) is -0.524. The first-order valence-corrected chi connectivity index (χ1v) is 13.0. The lowest BCUT2D eigenvalue weighted by Gasteiger charge is -2.24. The van der Waals surface area contributed by atoms with Gasteiger partial charge in [0.25, 0.3) is 0 Å². The number of carbonyl (C=O) groups excluding carboxylic acids is 2. The van der Waals surface area contributed by atoms with Crippen LogP contribution in [0.25, 0.3) is 0 Å². The number of carboxylic acid groups (broad SMARTS) is 1. The van der Waals surface area contributed by atoms with Crippen molar-refractivity contribution in [2.24, 2.45) is 5.92 Å². The fourth-order valence-corrected chi connectivity index (χ4v) is 3.98. The summed E-state index contributed by atoms with van der Waals surface area (Å²) in [5.41, 5.74) is 1.78. The first-order chi connectivity index (χ1) is 15.2. The number of carboxylic acids is 1. The minimum absolute atomic E-state index is 0.112. The molecule has 0 unspecified atom stereocenters. The first-order valence-electron chi connectivity index (χ1n) is 10.5.